The summed E-state index contributed by atoms with van der Waals surface area (Å²) in [7, 11) is -3.29. The van der Waals surface area contributed by atoms with Crippen LogP contribution in [0.2, 0.25) is 5.02 Å². The molecule has 1 heterocycles. The van der Waals surface area contributed by atoms with Gasteiger partial charge in [0.15, 0.2) is 9.84 Å². The molecular formula is C25H32BrClN2O5S. The van der Waals surface area contributed by atoms with Crippen molar-refractivity contribution in [2.45, 2.75) is 50.3 Å². The van der Waals surface area contributed by atoms with Crippen LogP contribution >= 0.6 is 27.5 Å². The van der Waals surface area contributed by atoms with E-state index in [-0.39, 0.29) is 29.7 Å². The number of piperazine rings is 1. The first-order chi connectivity index (χ1) is 16.2. The van der Waals surface area contributed by atoms with Crippen molar-refractivity contribution in [3.05, 3.63) is 57.5 Å². The minimum absolute atomic E-state index is 0.0559. The Morgan fingerprint density at radius 1 is 1.17 bits per heavy atom. The van der Waals surface area contributed by atoms with Crippen molar-refractivity contribution in [1.82, 2.24) is 9.80 Å². The maximum absolute atomic E-state index is 13.0. The fourth-order valence-electron chi connectivity index (χ4n) is 3.94. The Balaban J connectivity index is 1.78. The molecule has 1 fully saturated rings. The van der Waals surface area contributed by atoms with Crippen LogP contribution in [-0.2, 0) is 14.6 Å². The molecule has 0 aliphatic carbocycles. The first kappa shape index (κ1) is 27.8. The molecule has 1 amide bonds. The van der Waals surface area contributed by atoms with Gasteiger partial charge in [-0.25, -0.2) is 13.2 Å². The second-order valence-corrected chi connectivity index (χ2v) is 13.0. The Hall–Kier alpha value is -1.81. The third kappa shape index (κ3) is 7.59. The van der Waals surface area contributed by atoms with E-state index in [1.165, 1.54) is 12.1 Å². The molecule has 2 atom stereocenters. The highest BCUT2D eigenvalue weighted by molar-refractivity contribution is 9.10. The topological polar surface area (TPSA) is 76.2 Å². The first-order valence-corrected chi connectivity index (χ1v) is 14.4. The Labute approximate surface area is 221 Å². The maximum Gasteiger partial charge on any atom is 0.410 e. The molecule has 0 aromatic heterocycles. The van der Waals surface area contributed by atoms with Crippen LogP contribution in [0.5, 0.6) is 5.75 Å². The van der Waals surface area contributed by atoms with Crippen molar-refractivity contribution in [3.8, 4) is 5.75 Å². The van der Waals surface area contributed by atoms with Crippen molar-refractivity contribution in [3.63, 3.8) is 0 Å². The normalized spacial score (nSPS) is 18.3. The van der Waals surface area contributed by atoms with Crippen LogP contribution in [-0.4, -0.2) is 68.5 Å². The van der Waals surface area contributed by atoms with Gasteiger partial charge in [0.25, 0.3) is 0 Å². The number of carbonyl (C=O) groups is 1. The molecule has 192 valence electrons. The number of hydrogen-bond donors (Lipinski definition) is 0. The van der Waals surface area contributed by atoms with Crippen molar-refractivity contribution >= 4 is 43.5 Å². The van der Waals surface area contributed by atoms with E-state index in [9.17, 15) is 13.2 Å². The molecule has 3 rings (SSSR count). The Morgan fingerprint density at radius 3 is 2.43 bits per heavy atom. The zero-order valence-corrected chi connectivity index (χ0v) is 23.8. The Kier molecular flexibility index (Phi) is 8.78. The summed E-state index contributed by atoms with van der Waals surface area (Å²) in [5, 5.41) is 0.667. The SMILES string of the molecule is CC(c1cc(Cl)ccc1Br)N1CCN(C(=O)OC(C)(C)C)C(COc2ccc(S(C)(=O)=O)cc2)C1. The van der Waals surface area contributed by atoms with Gasteiger partial charge in [-0.3, -0.25) is 9.80 Å². The van der Waals surface area contributed by atoms with E-state index in [0.717, 1.165) is 16.3 Å². The van der Waals surface area contributed by atoms with Crippen LogP contribution in [0.15, 0.2) is 51.8 Å². The molecule has 35 heavy (non-hydrogen) atoms. The molecule has 0 saturated carbocycles. The largest absolute Gasteiger partial charge is 0.491 e. The van der Waals surface area contributed by atoms with Crippen LogP contribution in [0.1, 0.15) is 39.3 Å². The smallest absolute Gasteiger partial charge is 0.410 e. The average molecular weight is 588 g/mol. The number of benzene rings is 2. The fraction of sp³-hybridized carbons (Fsp3) is 0.480. The van der Waals surface area contributed by atoms with E-state index < -0.39 is 15.4 Å². The summed E-state index contributed by atoms with van der Waals surface area (Å²) in [5.41, 5.74) is 0.458. The molecule has 0 bridgehead atoms. The summed E-state index contributed by atoms with van der Waals surface area (Å²) in [6.07, 6.45) is 0.784. The van der Waals surface area contributed by atoms with Crippen LogP contribution in [0, 0.1) is 0 Å². The number of nitrogens with zero attached hydrogens (tertiary/aromatic N) is 2. The zero-order chi connectivity index (χ0) is 26.0. The van der Waals surface area contributed by atoms with Gasteiger partial charge in [-0.15, -0.1) is 0 Å². The summed E-state index contributed by atoms with van der Waals surface area (Å²) in [6, 6.07) is 11.8. The molecule has 10 heteroatoms. The lowest BCUT2D eigenvalue weighted by molar-refractivity contribution is -0.0151. The van der Waals surface area contributed by atoms with Gasteiger partial charge < -0.3 is 9.47 Å². The molecule has 2 aromatic carbocycles. The third-order valence-electron chi connectivity index (χ3n) is 5.79. The van der Waals surface area contributed by atoms with Crippen LogP contribution in [0.3, 0.4) is 0 Å². The quantitative estimate of drug-likeness (QED) is 0.440. The van der Waals surface area contributed by atoms with Gasteiger partial charge in [0.2, 0.25) is 0 Å². The number of carbonyl (C=O) groups excluding carboxylic acids is 1. The van der Waals surface area contributed by atoms with E-state index in [1.807, 2.05) is 39.0 Å². The Morgan fingerprint density at radius 2 is 1.83 bits per heavy atom. The summed E-state index contributed by atoms with van der Waals surface area (Å²) >= 11 is 9.87. The minimum atomic E-state index is -3.29. The Bertz CT molecular complexity index is 1150. The van der Waals surface area contributed by atoms with Crippen molar-refractivity contribution in [2.24, 2.45) is 0 Å². The average Bonchev–Trinajstić information content (AvgIpc) is 2.77. The summed E-state index contributed by atoms with van der Waals surface area (Å²) < 4.78 is 36.1. The van der Waals surface area contributed by atoms with Gasteiger partial charge in [-0.2, -0.15) is 0 Å². The number of halogens is 2. The highest BCUT2D eigenvalue weighted by atomic mass is 79.9. The zero-order valence-electron chi connectivity index (χ0n) is 20.6. The summed E-state index contributed by atoms with van der Waals surface area (Å²) in [5.74, 6) is 0.532. The first-order valence-electron chi connectivity index (χ1n) is 11.4. The molecule has 0 radical (unpaired) electrons. The van der Waals surface area contributed by atoms with E-state index in [0.29, 0.717) is 30.4 Å². The van der Waals surface area contributed by atoms with E-state index in [4.69, 9.17) is 21.1 Å². The lowest BCUT2D eigenvalue weighted by Crippen LogP contribution is -2.58. The van der Waals surface area contributed by atoms with Crippen molar-refractivity contribution in [2.75, 3.05) is 32.5 Å². The van der Waals surface area contributed by atoms with Gasteiger partial charge in [-0.1, -0.05) is 27.5 Å². The van der Waals surface area contributed by atoms with Crippen LogP contribution in [0.4, 0.5) is 4.79 Å². The predicted molar refractivity (Wildman–Crippen MR) is 141 cm³/mol. The van der Waals surface area contributed by atoms with E-state index in [2.05, 4.69) is 27.8 Å². The number of amides is 1. The number of hydrogen-bond acceptors (Lipinski definition) is 6. The van der Waals surface area contributed by atoms with Crippen molar-refractivity contribution in [1.29, 1.82) is 0 Å². The summed E-state index contributed by atoms with van der Waals surface area (Å²) in [4.78, 5) is 17.2. The standard InChI is InChI=1S/C25H32BrClN2O5S/c1-17(22-14-18(27)6-11-23(22)26)28-12-13-29(24(30)34-25(2,3)4)19(15-28)16-33-20-7-9-21(10-8-20)35(5,31)32/h6-11,14,17,19H,12-13,15-16H2,1-5H3. The number of sulfone groups is 1. The third-order valence-corrected chi connectivity index (χ3v) is 7.88. The van der Waals surface area contributed by atoms with Gasteiger partial charge in [0.05, 0.1) is 10.9 Å². The minimum Gasteiger partial charge on any atom is -0.491 e. The molecule has 0 spiro atoms. The molecular weight excluding hydrogens is 556 g/mol. The maximum atomic E-state index is 13.0. The van der Waals surface area contributed by atoms with Gasteiger partial charge >= 0.3 is 6.09 Å². The molecule has 1 aliphatic heterocycles. The highest BCUT2D eigenvalue weighted by Crippen LogP contribution is 2.32. The second-order valence-electron chi connectivity index (χ2n) is 9.72. The summed E-state index contributed by atoms with van der Waals surface area (Å²) in [6.45, 7) is 9.59. The van der Waals surface area contributed by atoms with E-state index in [1.54, 1.807) is 17.0 Å². The lowest BCUT2D eigenvalue weighted by atomic mass is 10.0. The monoisotopic (exact) mass is 586 g/mol. The van der Waals surface area contributed by atoms with Gasteiger partial charge in [0.1, 0.15) is 18.0 Å². The molecule has 7 nitrogen and oxygen atoms in total. The fourth-order valence-corrected chi connectivity index (χ4v) is 5.33. The van der Waals surface area contributed by atoms with Gasteiger partial charge in [0, 0.05) is 41.4 Å². The predicted octanol–water partition coefficient (Wildman–Crippen LogP) is 5.57. The lowest BCUT2D eigenvalue weighted by Gasteiger charge is -2.43. The number of ether oxygens (including phenoxy) is 2. The molecule has 2 aromatic rings. The number of rotatable bonds is 6. The molecule has 0 N–H and O–H groups in total. The molecule has 1 saturated heterocycles. The van der Waals surface area contributed by atoms with Gasteiger partial charge in [-0.05, 0) is 75.7 Å². The van der Waals surface area contributed by atoms with E-state index >= 15 is 0 Å². The highest BCUT2D eigenvalue weighted by Gasteiger charge is 2.36. The van der Waals surface area contributed by atoms with Crippen LogP contribution in [0.25, 0.3) is 0 Å². The molecule has 1 aliphatic rings. The van der Waals surface area contributed by atoms with Crippen molar-refractivity contribution < 1.29 is 22.7 Å². The van der Waals surface area contributed by atoms with Crippen LogP contribution < -0.4 is 4.74 Å². The second kappa shape index (κ2) is 11.1. The molecule has 2 unspecified atom stereocenters.